The molecule has 19 heavy (non-hydrogen) atoms. The molecule has 0 fully saturated rings. The van der Waals surface area contributed by atoms with Crippen molar-refractivity contribution in [2.75, 3.05) is 6.61 Å². The van der Waals surface area contributed by atoms with Gasteiger partial charge in [-0.2, -0.15) is 0 Å². The summed E-state index contributed by atoms with van der Waals surface area (Å²) in [5.41, 5.74) is 0. The summed E-state index contributed by atoms with van der Waals surface area (Å²) in [6.07, 6.45) is -4.34. The van der Waals surface area contributed by atoms with Gasteiger partial charge in [0, 0.05) is 12.4 Å². The Morgan fingerprint density at radius 3 is 1.79 bits per heavy atom. The van der Waals surface area contributed by atoms with Crippen molar-refractivity contribution >= 4 is 5.97 Å². The maximum atomic E-state index is 10.1. The fourth-order valence-corrected chi connectivity index (χ4v) is 0.981. The van der Waals surface area contributed by atoms with Gasteiger partial charge in [-0.25, -0.2) is 4.79 Å². The van der Waals surface area contributed by atoms with Crippen LogP contribution in [0.2, 0.25) is 0 Å². The monoisotopic (exact) mass is 275 g/mol. The van der Waals surface area contributed by atoms with Crippen molar-refractivity contribution < 1.29 is 35.4 Å². The van der Waals surface area contributed by atoms with E-state index in [-0.39, 0.29) is 0 Å². The number of aliphatic hydroxyl groups excluding tert-OH is 5. The van der Waals surface area contributed by atoms with Gasteiger partial charge >= 0.3 is 5.97 Å². The van der Waals surface area contributed by atoms with Crippen LogP contribution in [0.3, 0.4) is 0 Å². The molecule has 0 aliphatic heterocycles. The van der Waals surface area contributed by atoms with E-state index in [9.17, 15) is 4.79 Å². The first-order valence-electron chi connectivity index (χ1n) is 5.32. The Morgan fingerprint density at radius 2 is 1.53 bits per heavy atom. The maximum absolute atomic E-state index is 10.1. The highest BCUT2D eigenvalue weighted by Gasteiger charge is 2.33. The molecule has 0 saturated carbocycles. The van der Waals surface area contributed by atoms with Crippen molar-refractivity contribution in [2.45, 2.75) is 24.4 Å². The summed E-state index contributed by atoms with van der Waals surface area (Å²) in [7, 11) is 0. The number of hydrogen-bond acceptors (Lipinski definition) is 7. The molecular formula is C11H17NO7. The molecule has 1 rings (SSSR count). The van der Waals surface area contributed by atoms with Crippen LogP contribution in [0.4, 0.5) is 0 Å². The van der Waals surface area contributed by atoms with Gasteiger partial charge < -0.3 is 30.6 Å². The summed E-state index contributed by atoms with van der Waals surface area (Å²) >= 11 is 0. The fraction of sp³-hybridized carbons (Fsp3) is 0.455. The Morgan fingerprint density at radius 1 is 1.00 bits per heavy atom. The molecule has 1 heterocycles. The molecule has 0 amide bonds. The van der Waals surface area contributed by atoms with Crippen molar-refractivity contribution in [3.8, 4) is 0 Å². The summed E-state index contributed by atoms with van der Waals surface area (Å²) in [5, 5.41) is 51.8. The van der Waals surface area contributed by atoms with Gasteiger partial charge in [0.2, 0.25) is 0 Å². The number of carbonyl (C=O) groups is 1. The van der Waals surface area contributed by atoms with Gasteiger partial charge in [0.05, 0.1) is 6.61 Å². The zero-order valence-corrected chi connectivity index (χ0v) is 9.94. The highest BCUT2D eigenvalue weighted by molar-refractivity contribution is 5.72. The predicted octanol–water partition coefficient (Wildman–Crippen LogP) is -2.41. The SMILES string of the molecule is O=C(O)C(O)C(O)C(O)C(O)CO.c1ccncc1. The Labute approximate surface area is 109 Å². The van der Waals surface area contributed by atoms with Crippen LogP contribution in [0.25, 0.3) is 0 Å². The topological polar surface area (TPSA) is 151 Å². The van der Waals surface area contributed by atoms with Crippen LogP contribution in [-0.2, 0) is 4.79 Å². The standard InChI is InChI=1S/C6H12O7.C5H5N/c7-1-2(8)3(9)4(10)5(11)6(12)13;1-2-4-6-5-3-1/h2-5,7-11H,1H2,(H,12,13);1-5H. The minimum atomic E-state index is -2.20. The lowest BCUT2D eigenvalue weighted by Gasteiger charge is -2.23. The van der Waals surface area contributed by atoms with E-state index in [2.05, 4.69) is 4.98 Å². The van der Waals surface area contributed by atoms with E-state index in [1.54, 1.807) is 12.4 Å². The summed E-state index contributed by atoms with van der Waals surface area (Å²) in [6.45, 7) is -0.843. The number of carboxylic acid groups (broad SMARTS) is 1. The fourth-order valence-electron chi connectivity index (χ4n) is 0.981. The van der Waals surface area contributed by atoms with Crippen molar-refractivity contribution in [3.05, 3.63) is 30.6 Å². The molecule has 0 bridgehead atoms. The lowest BCUT2D eigenvalue weighted by atomic mass is 10.0. The largest absolute Gasteiger partial charge is 0.479 e. The first kappa shape index (κ1) is 17.4. The van der Waals surface area contributed by atoms with Crippen LogP contribution in [0.1, 0.15) is 0 Å². The van der Waals surface area contributed by atoms with E-state index < -0.39 is 37.0 Å². The second-order valence-electron chi connectivity index (χ2n) is 3.54. The summed E-state index contributed by atoms with van der Waals surface area (Å²) in [5.74, 6) is -1.73. The Bertz CT molecular complexity index is 321. The Hall–Kier alpha value is -1.58. The highest BCUT2D eigenvalue weighted by Crippen LogP contribution is 2.04. The molecule has 108 valence electrons. The van der Waals surface area contributed by atoms with Gasteiger partial charge in [0.15, 0.2) is 6.10 Å². The molecule has 4 atom stereocenters. The van der Waals surface area contributed by atoms with E-state index >= 15 is 0 Å². The molecule has 0 saturated heterocycles. The molecule has 1 aromatic heterocycles. The van der Waals surface area contributed by atoms with Crippen LogP contribution >= 0.6 is 0 Å². The molecule has 8 nitrogen and oxygen atoms in total. The molecule has 0 aromatic carbocycles. The normalized spacial score (nSPS) is 16.5. The van der Waals surface area contributed by atoms with Crippen LogP contribution in [0, 0.1) is 0 Å². The minimum Gasteiger partial charge on any atom is -0.479 e. The summed E-state index contributed by atoms with van der Waals surface area (Å²) < 4.78 is 0. The van der Waals surface area contributed by atoms with Crippen LogP contribution in [-0.4, -0.2) is 72.6 Å². The molecular weight excluding hydrogens is 258 g/mol. The molecule has 6 N–H and O–H groups in total. The second-order valence-corrected chi connectivity index (χ2v) is 3.54. The third kappa shape index (κ3) is 6.79. The van der Waals surface area contributed by atoms with Gasteiger partial charge in [-0.15, -0.1) is 0 Å². The van der Waals surface area contributed by atoms with Gasteiger partial charge in [-0.3, -0.25) is 4.98 Å². The number of carboxylic acids is 1. The number of aromatic nitrogens is 1. The molecule has 0 aliphatic rings. The number of aliphatic hydroxyl groups is 5. The number of rotatable bonds is 5. The molecule has 0 aliphatic carbocycles. The number of pyridine rings is 1. The predicted molar refractivity (Wildman–Crippen MR) is 63.0 cm³/mol. The van der Waals surface area contributed by atoms with E-state index in [0.717, 1.165) is 0 Å². The van der Waals surface area contributed by atoms with Crippen LogP contribution in [0.15, 0.2) is 30.6 Å². The van der Waals surface area contributed by atoms with Gasteiger partial charge in [-0.05, 0) is 12.1 Å². The first-order valence-corrected chi connectivity index (χ1v) is 5.32. The average Bonchev–Trinajstić information content (AvgIpc) is 2.46. The number of aliphatic carboxylic acids is 1. The maximum Gasteiger partial charge on any atom is 0.335 e. The molecule has 1 aromatic rings. The Balaban J connectivity index is 0.000000443. The van der Waals surface area contributed by atoms with E-state index in [4.69, 9.17) is 30.6 Å². The zero-order valence-electron chi connectivity index (χ0n) is 9.94. The number of nitrogens with zero attached hydrogens (tertiary/aromatic N) is 1. The van der Waals surface area contributed by atoms with Gasteiger partial charge in [0.25, 0.3) is 0 Å². The molecule has 0 radical (unpaired) electrons. The van der Waals surface area contributed by atoms with Gasteiger partial charge in [-0.1, -0.05) is 6.07 Å². The zero-order chi connectivity index (χ0) is 14.8. The minimum absolute atomic E-state index is 0.843. The lowest BCUT2D eigenvalue weighted by Crippen LogP contribution is -2.48. The van der Waals surface area contributed by atoms with E-state index in [1.165, 1.54) is 0 Å². The van der Waals surface area contributed by atoms with Crippen molar-refractivity contribution in [1.82, 2.24) is 4.98 Å². The average molecular weight is 275 g/mol. The van der Waals surface area contributed by atoms with E-state index in [1.807, 2.05) is 18.2 Å². The number of hydrogen-bond donors (Lipinski definition) is 6. The summed E-state index contributed by atoms with van der Waals surface area (Å²) in [4.78, 5) is 13.9. The molecule has 4 unspecified atom stereocenters. The quantitative estimate of drug-likeness (QED) is 0.347. The van der Waals surface area contributed by atoms with E-state index in [0.29, 0.717) is 0 Å². The van der Waals surface area contributed by atoms with Crippen molar-refractivity contribution in [1.29, 1.82) is 0 Å². The molecule has 8 heteroatoms. The third-order valence-electron chi connectivity index (χ3n) is 2.07. The van der Waals surface area contributed by atoms with Crippen LogP contribution in [0.5, 0.6) is 0 Å². The first-order chi connectivity index (χ1) is 8.91. The summed E-state index contributed by atoms with van der Waals surface area (Å²) in [6, 6.07) is 5.72. The third-order valence-corrected chi connectivity index (χ3v) is 2.07. The Kier molecular flexibility index (Phi) is 8.58. The van der Waals surface area contributed by atoms with Gasteiger partial charge in [0.1, 0.15) is 18.3 Å². The smallest absolute Gasteiger partial charge is 0.335 e. The van der Waals surface area contributed by atoms with Crippen LogP contribution < -0.4 is 0 Å². The molecule has 0 spiro atoms. The van der Waals surface area contributed by atoms with Crippen molar-refractivity contribution in [3.63, 3.8) is 0 Å². The highest BCUT2D eigenvalue weighted by atomic mass is 16.4. The second kappa shape index (κ2) is 9.36. The van der Waals surface area contributed by atoms with Crippen molar-refractivity contribution in [2.24, 2.45) is 0 Å². The lowest BCUT2D eigenvalue weighted by molar-refractivity contribution is -0.164.